The number of anilines is 1. The van der Waals surface area contributed by atoms with Crippen LogP contribution in [0.1, 0.15) is 28.5 Å². The van der Waals surface area contributed by atoms with Crippen LogP contribution in [0.2, 0.25) is 5.02 Å². The number of carbonyl (C=O) groups excluding carboxylic acids is 1. The SMILES string of the molecule is CCn1ccc(C(=O)N(Cc2ccccc2)c2nc3c(C)ccc(Cl)c3s2)n1. The van der Waals surface area contributed by atoms with E-state index in [0.717, 1.165) is 21.3 Å². The predicted octanol–water partition coefficient (Wildman–Crippen LogP) is 5.32. The maximum atomic E-state index is 13.3. The maximum Gasteiger partial charge on any atom is 0.280 e. The largest absolute Gasteiger partial charge is 0.280 e. The van der Waals surface area contributed by atoms with Gasteiger partial charge in [0, 0.05) is 12.7 Å². The molecule has 28 heavy (non-hydrogen) atoms. The number of nitrogens with zero attached hydrogens (tertiary/aromatic N) is 4. The van der Waals surface area contributed by atoms with Gasteiger partial charge in [0.1, 0.15) is 0 Å². The highest BCUT2D eigenvalue weighted by Crippen LogP contribution is 2.36. The van der Waals surface area contributed by atoms with Crippen LogP contribution >= 0.6 is 22.9 Å². The summed E-state index contributed by atoms with van der Waals surface area (Å²) in [7, 11) is 0. The van der Waals surface area contributed by atoms with Crippen molar-refractivity contribution in [3.8, 4) is 0 Å². The Kier molecular flexibility index (Phi) is 5.15. The summed E-state index contributed by atoms with van der Waals surface area (Å²) in [5, 5.41) is 5.64. The van der Waals surface area contributed by atoms with Gasteiger partial charge in [0.15, 0.2) is 10.8 Å². The third kappa shape index (κ3) is 3.53. The highest BCUT2D eigenvalue weighted by molar-refractivity contribution is 7.23. The minimum atomic E-state index is -0.177. The van der Waals surface area contributed by atoms with Gasteiger partial charge >= 0.3 is 0 Å². The standard InChI is InChI=1S/C21H19ClN4OS/c1-3-25-12-11-17(24-25)20(27)26(13-15-7-5-4-6-8-15)21-23-18-14(2)9-10-16(22)19(18)28-21/h4-12H,3,13H2,1-2H3. The van der Waals surface area contributed by atoms with Crippen LogP contribution < -0.4 is 4.90 Å². The third-order valence-corrected chi connectivity index (χ3v) is 6.07. The fourth-order valence-corrected chi connectivity index (χ4v) is 4.30. The average molecular weight is 411 g/mol. The molecule has 0 spiro atoms. The number of aromatic nitrogens is 3. The van der Waals surface area contributed by atoms with E-state index < -0.39 is 0 Å². The van der Waals surface area contributed by atoms with Gasteiger partial charge in [-0.1, -0.05) is 59.3 Å². The Hall–Kier alpha value is -2.70. The van der Waals surface area contributed by atoms with Crippen molar-refractivity contribution in [2.75, 3.05) is 4.90 Å². The summed E-state index contributed by atoms with van der Waals surface area (Å²) in [5.41, 5.74) is 3.29. The van der Waals surface area contributed by atoms with E-state index >= 15 is 0 Å². The molecule has 5 nitrogen and oxygen atoms in total. The lowest BCUT2D eigenvalue weighted by atomic mass is 10.2. The van der Waals surface area contributed by atoms with E-state index in [-0.39, 0.29) is 5.91 Å². The molecule has 0 atom stereocenters. The molecule has 0 saturated carbocycles. The number of hydrogen-bond acceptors (Lipinski definition) is 4. The van der Waals surface area contributed by atoms with Crippen molar-refractivity contribution in [2.45, 2.75) is 26.9 Å². The second-order valence-electron chi connectivity index (χ2n) is 6.47. The number of halogens is 1. The van der Waals surface area contributed by atoms with Crippen LogP contribution in [0.3, 0.4) is 0 Å². The Morgan fingerprint density at radius 1 is 1.18 bits per heavy atom. The van der Waals surface area contributed by atoms with Gasteiger partial charge in [-0.2, -0.15) is 5.10 Å². The van der Waals surface area contributed by atoms with Crippen LogP contribution in [0.4, 0.5) is 5.13 Å². The summed E-state index contributed by atoms with van der Waals surface area (Å²) in [6.45, 7) is 5.10. The number of aryl methyl sites for hydroxylation is 2. The molecule has 2 heterocycles. The van der Waals surface area contributed by atoms with Gasteiger partial charge in [0.05, 0.1) is 21.8 Å². The van der Waals surface area contributed by atoms with E-state index in [2.05, 4.69) is 5.10 Å². The van der Waals surface area contributed by atoms with Crippen LogP contribution in [-0.2, 0) is 13.1 Å². The first kappa shape index (κ1) is 18.7. The molecule has 0 aliphatic carbocycles. The number of amides is 1. The van der Waals surface area contributed by atoms with Gasteiger partial charge in [-0.3, -0.25) is 14.4 Å². The topological polar surface area (TPSA) is 51.0 Å². The molecular formula is C21H19ClN4OS. The number of thiazole rings is 1. The molecule has 4 rings (SSSR count). The van der Waals surface area contributed by atoms with E-state index in [1.165, 1.54) is 11.3 Å². The Balaban J connectivity index is 1.79. The third-order valence-electron chi connectivity index (χ3n) is 4.53. The molecule has 0 aliphatic rings. The van der Waals surface area contributed by atoms with Gasteiger partial charge in [0.25, 0.3) is 5.91 Å². The molecule has 0 radical (unpaired) electrons. The zero-order valence-electron chi connectivity index (χ0n) is 15.6. The van der Waals surface area contributed by atoms with E-state index in [1.54, 1.807) is 15.6 Å². The highest BCUT2D eigenvalue weighted by Gasteiger charge is 2.24. The Morgan fingerprint density at radius 3 is 2.64 bits per heavy atom. The maximum absolute atomic E-state index is 13.3. The second-order valence-corrected chi connectivity index (χ2v) is 7.86. The fraction of sp³-hybridized carbons (Fsp3) is 0.190. The highest BCUT2D eigenvalue weighted by atomic mass is 35.5. The predicted molar refractivity (Wildman–Crippen MR) is 114 cm³/mol. The number of carbonyl (C=O) groups is 1. The van der Waals surface area contributed by atoms with Gasteiger partial charge < -0.3 is 0 Å². The lowest BCUT2D eigenvalue weighted by molar-refractivity contribution is 0.0979. The van der Waals surface area contributed by atoms with Gasteiger partial charge in [0.2, 0.25) is 0 Å². The summed E-state index contributed by atoms with van der Waals surface area (Å²) in [6, 6.07) is 15.4. The quantitative estimate of drug-likeness (QED) is 0.447. The monoisotopic (exact) mass is 410 g/mol. The molecule has 1 amide bonds. The molecule has 0 bridgehead atoms. The molecule has 2 aromatic heterocycles. The average Bonchev–Trinajstić information content (AvgIpc) is 3.37. The van der Waals surface area contributed by atoms with Crippen molar-refractivity contribution in [3.63, 3.8) is 0 Å². The smallest absolute Gasteiger partial charge is 0.278 e. The Labute approximate surface area is 172 Å². The molecule has 2 aromatic carbocycles. The van der Waals surface area contributed by atoms with Crippen molar-refractivity contribution in [2.24, 2.45) is 0 Å². The minimum absolute atomic E-state index is 0.177. The first-order chi connectivity index (χ1) is 13.6. The summed E-state index contributed by atoms with van der Waals surface area (Å²) in [4.78, 5) is 19.7. The summed E-state index contributed by atoms with van der Waals surface area (Å²) >= 11 is 7.81. The van der Waals surface area contributed by atoms with Crippen LogP contribution in [0.15, 0.2) is 54.7 Å². The van der Waals surface area contributed by atoms with Crippen molar-refractivity contribution in [1.29, 1.82) is 0 Å². The second kappa shape index (κ2) is 7.73. The van der Waals surface area contributed by atoms with Crippen molar-refractivity contribution in [1.82, 2.24) is 14.8 Å². The normalized spacial score (nSPS) is 11.1. The molecule has 0 saturated heterocycles. The van der Waals surface area contributed by atoms with Crippen LogP contribution in [0.5, 0.6) is 0 Å². The van der Waals surface area contributed by atoms with E-state index in [0.29, 0.717) is 28.9 Å². The van der Waals surface area contributed by atoms with E-state index in [9.17, 15) is 4.79 Å². The van der Waals surface area contributed by atoms with Gasteiger partial charge in [-0.05, 0) is 37.1 Å². The molecule has 7 heteroatoms. The first-order valence-electron chi connectivity index (χ1n) is 9.01. The molecular weight excluding hydrogens is 392 g/mol. The molecule has 0 fully saturated rings. The molecule has 142 valence electrons. The van der Waals surface area contributed by atoms with Gasteiger partial charge in [-0.15, -0.1) is 0 Å². The van der Waals surface area contributed by atoms with E-state index in [4.69, 9.17) is 16.6 Å². The van der Waals surface area contributed by atoms with Crippen molar-refractivity contribution in [3.05, 3.63) is 76.6 Å². The minimum Gasteiger partial charge on any atom is -0.278 e. The van der Waals surface area contributed by atoms with Crippen molar-refractivity contribution >= 4 is 44.2 Å². The molecule has 0 N–H and O–H groups in total. The summed E-state index contributed by atoms with van der Waals surface area (Å²) in [5.74, 6) is -0.177. The Morgan fingerprint density at radius 2 is 1.96 bits per heavy atom. The lowest BCUT2D eigenvalue weighted by Crippen LogP contribution is -2.30. The van der Waals surface area contributed by atoms with Crippen LogP contribution in [0, 0.1) is 6.92 Å². The lowest BCUT2D eigenvalue weighted by Gasteiger charge is -2.19. The van der Waals surface area contributed by atoms with Crippen molar-refractivity contribution < 1.29 is 4.79 Å². The van der Waals surface area contributed by atoms with E-state index in [1.807, 2.05) is 62.5 Å². The summed E-state index contributed by atoms with van der Waals surface area (Å²) in [6.07, 6.45) is 1.81. The zero-order chi connectivity index (χ0) is 19.7. The number of rotatable bonds is 5. The fourth-order valence-electron chi connectivity index (χ4n) is 2.99. The number of hydrogen-bond donors (Lipinski definition) is 0. The first-order valence-corrected chi connectivity index (χ1v) is 10.2. The molecule has 4 aromatic rings. The Bertz CT molecular complexity index is 1100. The number of benzene rings is 2. The number of fused-ring (bicyclic) bond motifs is 1. The zero-order valence-corrected chi connectivity index (χ0v) is 17.2. The molecule has 0 aliphatic heterocycles. The van der Waals surface area contributed by atoms with Crippen LogP contribution in [-0.4, -0.2) is 20.7 Å². The van der Waals surface area contributed by atoms with Gasteiger partial charge in [-0.25, -0.2) is 4.98 Å². The molecule has 0 unspecified atom stereocenters. The van der Waals surface area contributed by atoms with Crippen LogP contribution in [0.25, 0.3) is 10.2 Å². The summed E-state index contributed by atoms with van der Waals surface area (Å²) < 4.78 is 2.63.